The summed E-state index contributed by atoms with van der Waals surface area (Å²) < 4.78 is 19.8. The number of nitrogens with zero attached hydrogens (tertiary/aromatic N) is 1. The molecule has 1 amide bonds. The second kappa shape index (κ2) is 8.06. The van der Waals surface area contributed by atoms with E-state index in [4.69, 9.17) is 4.74 Å². The lowest BCUT2D eigenvalue weighted by molar-refractivity contribution is -0.126. The van der Waals surface area contributed by atoms with Crippen LogP contribution in [0, 0.1) is 5.82 Å². The van der Waals surface area contributed by atoms with E-state index < -0.39 is 0 Å². The fourth-order valence-electron chi connectivity index (χ4n) is 2.68. The van der Waals surface area contributed by atoms with Crippen molar-refractivity contribution in [3.05, 3.63) is 70.0 Å². The molecule has 2 aromatic carbocycles. The van der Waals surface area contributed by atoms with Crippen molar-refractivity contribution in [2.45, 2.75) is 5.37 Å². The summed E-state index contributed by atoms with van der Waals surface area (Å²) >= 11 is 5.20. The van der Waals surface area contributed by atoms with Crippen LogP contribution in [0.15, 0.2) is 53.0 Å². The Morgan fingerprint density at radius 1 is 1.36 bits per heavy atom. The van der Waals surface area contributed by atoms with E-state index in [2.05, 4.69) is 15.9 Å². The molecule has 1 aliphatic rings. The molecule has 130 valence electrons. The predicted molar refractivity (Wildman–Crippen MR) is 103 cm³/mol. The molecule has 0 bridgehead atoms. The zero-order valence-corrected chi connectivity index (χ0v) is 16.0. The van der Waals surface area contributed by atoms with Crippen LogP contribution >= 0.6 is 27.7 Å². The van der Waals surface area contributed by atoms with Gasteiger partial charge in [-0.05, 0) is 45.8 Å². The largest absolute Gasteiger partial charge is 0.496 e. The van der Waals surface area contributed by atoms with Crippen LogP contribution in [0.4, 0.5) is 4.39 Å². The first-order chi connectivity index (χ1) is 12.1. The maximum atomic E-state index is 13.7. The Bertz CT molecular complexity index is 812. The third-order valence-corrected chi connectivity index (χ3v) is 5.83. The average molecular weight is 422 g/mol. The van der Waals surface area contributed by atoms with Crippen molar-refractivity contribution in [2.75, 3.05) is 19.4 Å². The summed E-state index contributed by atoms with van der Waals surface area (Å²) in [6, 6.07) is 12.2. The van der Waals surface area contributed by atoms with E-state index in [0.717, 1.165) is 21.5 Å². The van der Waals surface area contributed by atoms with Gasteiger partial charge in [0.1, 0.15) is 16.9 Å². The number of carbonyl (C=O) groups excluding carboxylic acids is 1. The molecule has 0 saturated carbocycles. The van der Waals surface area contributed by atoms with E-state index in [1.807, 2.05) is 18.2 Å². The number of carbonyl (C=O) groups is 1. The zero-order chi connectivity index (χ0) is 17.8. The van der Waals surface area contributed by atoms with Gasteiger partial charge >= 0.3 is 0 Å². The molecule has 1 aliphatic heterocycles. The molecule has 0 aliphatic carbocycles. The summed E-state index contributed by atoms with van der Waals surface area (Å²) in [5, 5.41) is -0.0556. The van der Waals surface area contributed by atoms with E-state index >= 15 is 0 Å². The lowest BCUT2D eigenvalue weighted by Gasteiger charge is -2.23. The lowest BCUT2D eigenvalue weighted by Crippen LogP contribution is -2.28. The standard InChI is InChI=1S/C19H17BrFNO2S/c1-24-17-8-6-14(12-15(17)20)19-22(10-11-25-19)18(23)9-7-13-4-2-3-5-16(13)21/h2-9,12,19H,10-11H2,1H3/b9-7+. The van der Waals surface area contributed by atoms with Crippen molar-refractivity contribution in [1.29, 1.82) is 0 Å². The Kier molecular flexibility index (Phi) is 5.81. The number of hydrogen-bond acceptors (Lipinski definition) is 3. The molecule has 1 saturated heterocycles. The van der Waals surface area contributed by atoms with Gasteiger partial charge in [-0.25, -0.2) is 4.39 Å². The molecule has 0 spiro atoms. The van der Waals surface area contributed by atoms with Gasteiger partial charge in [-0.1, -0.05) is 24.3 Å². The number of ether oxygens (including phenoxy) is 1. The van der Waals surface area contributed by atoms with Crippen molar-refractivity contribution in [1.82, 2.24) is 4.90 Å². The molecule has 6 heteroatoms. The van der Waals surface area contributed by atoms with Crippen molar-refractivity contribution in [3.8, 4) is 5.75 Å². The molecule has 0 radical (unpaired) electrons. The van der Waals surface area contributed by atoms with E-state index in [-0.39, 0.29) is 17.1 Å². The van der Waals surface area contributed by atoms with E-state index in [0.29, 0.717) is 12.1 Å². The highest BCUT2D eigenvalue weighted by Crippen LogP contribution is 2.40. The predicted octanol–water partition coefficient (Wildman–Crippen LogP) is 4.88. The first-order valence-electron chi connectivity index (χ1n) is 7.78. The first-order valence-corrected chi connectivity index (χ1v) is 9.62. The number of hydrogen-bond donors (Lipinski definition) is 0. The number of methoxy groups -OCH3 is 1. The molecule has 3 nitrogen and oxygen atoms in total. The lowest BCUT2D eigenvalue weighted by atomic mass is 10.1. The average Bonchev–Trinajstić information content (AvgIpc) is 3.10. The van der Waals surface area contributed by atoms with Crippen LogP contribution in [0.3, 0.4) is 0 Å². The van der Waals surface area contributed by atoms with Crippen LogP contribution < -0.4 is 4.74 Å². The van der Waals surface area contributed by atoms with Crippen LogP contribution in [0.25, 0.3) is 6.08 Å². The molecule has 1 heterocycles. The fourth-order valence-corrected chi connectivity index (χ4v) is 4.49. The number of halogens is 2. The quantitative estimate of drug-likeness (QED) is 0.658. The van der Waals surface area contributed by atoms with Crippen LogP contribution in [-0.4, -0.2) is 30.2 Å². The molecule has 0 N–H and O–H groups in total. The van der Waals surface area contributed by atoms with Gasteiger partial charge in [0.2, 0.25) is 5.91 Å². The summed E-state index contributed by atoms with van der Waals surface area (Å²) in [6.07, 6.45) is 2.97. The number of benzene rings is 2. The van der Waals surface area contributed by atoms with E-state index in [9.17, 15) is 9.18 Å². The van der Waals surface area contributed by atoms with Crippen molar-refractivity contribution in [3.63, 3.8) is 0 Å². The molecule has 1 atom stereocenters. The molecule has 1 unspecified atom stereocenters. The Hall–Kier alpha value is -1.79. The number of rotatable bonds is 4. The number of amides is 1. The van der Waals surface area contributed by atoms with Crippen LogP contribution in [-0.2, 0) is 4.79 Å². The van der Waals surface area contributed by atoms with Crippen molar-refractivity contribution < 1.29 is 13.9 Å². The second-order valence-electron chi connectivity index (χ2n) is 5.50. The van der Waals surface area contributed by atoms with Crippen LogP contribution in [0.1, 0.15) is 16.5 Å². The molecular formula is C19H17BrFNO2S. The van der Waals surface area contributed by atoms with E-state index in [1.165, 1.54) is 18.2 Å². The third kappa shape index (κ3) is 4.07. The zero-order valence-electron chi connectivity index (χ0n) is 13.6. The summed E-state index contributed by atoms with van der Waals surface area (Å²) in [5.74, 6) is 1.17. The smallest absolute Gasteiger partial charge is 0.247 e. The third-order valence-electron chi connectivity index (χ3n) is 3.95. The Morgan fingerprint density at radius 3 is 2.88 bits per heavy atom. The Morgan fingerprint density at radius 2 is 2.16 bits per heavy atom. The van der Waals surface area contributed by atoms with Gasteiger partial charge in [-0.2, -0.15) is 0 Å². The van der Waals surface area contributed by atoms with Gasteiger partial charge in [0.05, 0.1) is 11.6 Å². The molecule has 25 heavy (non-hydrogen) atoms. The highest BCUT2D eigenvalue weighted by molar-refractivity contribution is 9.10. The van der Waals surface area contributed by atoms with Crippen LogP contribution in [0.2, 0.25) is 0 Å². The minimum absolute atomic E-state index is 0.0556. The highest BCUT2D eigenvalue weighted by atomic mass is 79.9. The molecule has 0 aromatic heterocycles. The minimum atomic E-state index is -0.335. The summed E-state index contributed by atoms with van der Waals surface area (Å²) in [7, 11) is 1.62. The van der Waals surface area contributed by atoms with Gasteiger partial charge < -0.3 is 9.64 Å². The minimum Gasteiger partial charge on any atom is -0.496 e. The van der Waals surface area contributed by atoms with Gasteiger partial charge in [0, 0.05) is 23.9 Å². The Balaban J connectivity index is 1.78. The maximum absolute atomic E-state index is 13.7. The Labute approximate surface area is 159 Å². The van der Waals surface area contributed by atoms with Crippen molar-refractivity contribution in [2.24, 2.45) is 0 Å². The molecule has 1 fully saturated rings. The summed E-state index contributed by atoms with van der Waals surface area (Å²) in [6.45, 7) is 0.666. The normalized spacial score (nSPS) is 17.2. The van der Waals surface area contributed by atoms with Gasteiger partial charge in [-0.3, -0.25) is 4.79 Å². The second-order valence-corrected chi connectivity index (χ2v) is 7.55. The van der Waals surface area contributed by atoms with Crippen molar-refractivity contribution >= 4 is 39.7 Å². The first kappa shape index (κ1) is 18.0. The topological polar surface area (TPSA) is 29.5 Å². The summed E-state index contributed by atoms with van der Waals surface area (Å²) in [4.78, 5) is 14.4. The van der Waals surface area contributed by atoms with Gasteiger partial charge in [0.25, 0.3) is 0 Å². The monoisotopic (exact) mass is 421 g/mol. The molecule has 3 rings (SSSR count). The SMILES string of the molecule is COc1ccc(C2SCCN2C(=O)/C=C/c2ccccc2F)cc1Br. The van der Waals surface area contributed by atoms with E-state index in [1.54, 1.807) is 42.0 Å². The molecular weight excluding hydrogens is 405 g/mol. The van der Waals surface area contributed by atoms with Gasteiger partial charge in [-0.15, -0.1) is 11.8 Å². The fraction of sp³-hybridized carbons (Fsp3) is 0.211. The highest BCUT2D eigenvalue weighted by Gasteiger charge is 2.29. The number of thioether (sulfide) groups is 1. The van der Waals surface area contributed by atoms with Gasteiger partial charge in [0.15, 0.2) is 0 Å². The molecule has 2 aromatic rings. The van der Waals surface area contributed by atoms with Crippen LogP contribution in [0.5, 0.6) is 5.75 Å². The maximum Gasteiger partial charge on any atom is 0.247 e. The summed E-state index contributed by atoms with van der Waals surface area (Å²) in [5.41, 5.74) is 1.44.